The molecular weight excluding hydrogens is 350 g/mol. The minimum Gasteiger partial charge on any atom is -0.374 e. The zero-order valence-electron chi connectivity index (χ0n) is 16.3. The Hall–Kier alpha value is -1.15. The number of sulfonamides is 1. The second kappa shape index (κ2) is 7.84. The molecule has 0 radical (unpaired) electrons. The highest BCUT2D eigenvalue weighted by Gasteiger charge is 2.26. The van der Waals surface area contributed by atoms with Gasteiger partial charge in [0.2, 0.25) is 10.0 Å². The van der Waals surface area contributed by atoms with E-state index in [0.29, 0.717) is 11.4 Å². The number of fused-ring (bicyclic) bond motifs is 1. The van der Waals surface area contributed by atoms with Gasteiger partial charge < -0.3 is 9.64 Å². The summed E-state index contributed by atoms with van der Waals surface area (Å²) >= 11 is 0. The Bertz CT molecular complexity index is 728. The fourth-order valence-corrected chi connectivity index (χ4v) is 5.13. The van der Waals surface area contributed by atoms with Gasteiger partial charge in [0.25, 0.3) is 0 Å². The summed E-state index contributed by atoms with van der Waals surface area (Å²) in [5.74, 6) is 0. The first kappa shape index (κ1) is 19.6. The lowest BCUT2D eigenvalue weighted by Gasteiger charge is -2.36. The van der Waals surface area contributed by atoms with E-state index in [-0.39, 0.29) is 12.2 Å². The molecule has 0 aliphatic carbocycles. The van der Waals surface area contributed by atoms with Crippen LogP contribution in [-0.4, -0.2) is 76.6 Å². The quantitative estimate of drug-likeness (QED) is 0.778. The van der Waals surface area contributed by atoms with Crippen molar-refractivity contribution in [2.45, 2.75) is 43.8 Å². The summed E-state index contributed by atoms with van der Waals surface area (Å²) in [6.07, 6.45) is 2.52. The van der Waals surface area contributed by atoms with Crippen LogP contribution in [0, 0.1) is 0 Å². The van der Waals surface area contributed by atoms with Gasteiger partial charge in [0, 0.05) is 52.5 Å². The maximum Gasteiger partial charge on any atom is 0.242 e. The first-order chi connectivity index (χ1) is 12.3. The third-order valence-corrected chi connectivity index (χ3v) is 7.20. The Balaban J connectivity index is 1.68. The Morgan fingerprint density at radius 3 is 2.62 bits per heavy atom. The monoisotopic (exact) mass is 381 g/mol. The summed E-state index contributed by atoms with van der Waals surface area (Å²) in [6, 6.07) is 5.55. The number of likely N-dealkylation sites (N-methyl/N-ethyl adjacent to an activating group) is 1. The lowest BCUT2D eigenvalue weighted by atomic mass is 10.0. The van der Waals surface area contributed by atoms with Crippen LogP contribution in [0.3, 0.4) is 0 Å². The molecule has 7 heteroatoms. The summed E-state index contributed by atoms with van der Waals surface area (Å²) in [4.78, 5) is 4.82. The molecule has 0 N–H and O–H groups in total. The number of hydrogen-bond acceptors (Lipinski definition) is 5. The molecule has 6 nitrogen and oxygen atoms in total. The summed E-state index contributed by atoms with van der Waals surface area (Å²) in [6.45, 7) is 8.00. The van der Waals surface area contributed by atoms with Gasteiger partial charge in [-0.15, -0.1) is 0 Å². The number of rotatable bonds is 5. The van der Waals surface area contributed by atoms with Crippen LogP contribution in [0.15, 0.2) is 23.1 Å². The lowest BCUT2D eigenvalue weighted by Crippen LogP contribution is -2.48. The van der Waals surface area contributed by atoms with E-state index in [1.807, 2.05) is 19.2 Å². The molecule has 1 aromatic carbocycles. The van der Waals surface area contributed by atoms with E-state index in [1.54, 1.807) is 13.1 Å². The fraction of sp³-hybridized carbons (Fsp3) is 0.684. The van der Waals surface area contributed by atoms with E-state index in [0.717, 1.165) is 44.7 Å². The van der Waals surface area contributed by atoms with Crippen LogP contribution < -0.4 is 4.90 Å². The number of anilines is 1. The first-order valence-electron chi connectivity index (χ1n) is 9.45. The maximum atomic E-state index is 13.0. The van der Waals surface area contributed by atoms with Crippen molar-refractivity contribution in [1.29, 1.82) is 0 Å². The van der Waals surface area contributed by atoms with Crippen molar-refractivity contribution in [3.8, 4) is 0 Å². The topological polar surface area (TPSA) is 53.1 Å². The second-order valence-corrected chi connectivity index (χ2v) is 9.70. The highest BCUT2D eigenvalue weighted by Crippen LogP contribution is 2.29. The Labute approximate surface area is 157 Å². The van der Waals surface area contributed by atoms with Crippen molar-refractivity contribution in [3.05, 3.63) is 23.8 Å². The van der Waals surface area contributed by atoms with Crippen LogP contribution in [0.1, 0.15) is 25.8 Å². The highest BCUT2D eigenvalue weighted by molar-refractivity contribution is 7.89. The van der Waals surface area contributed by atoms with Gasteiger partial charge in [-0.1, -0.05) is 6.07 Å². The molecule has 2 heterocycles. The number of morpholine rings is 1. The normalized spacial score (nSPS) is 24.7. The Morgan fingerprint density at radius 1 is 1.23 bits per heavy atom. The number of hydrogen-bond donors (Lipinski definition) is 0. The zero-order valence-corrected chi connectivity index (χ0v) is 17.1. The Morgan fingerprint density at radius 2 is 1.92 bits per heavy atom. The van der Waals surface area contributed by atoms with Crippen molar-refractivity contribution in [3.63, 3.8) is 0 Å². The van der Waals surface area contributed by atoms with E-state index in [9.17, 15) is 8.42 Å². The molecule has 2 atom stereocenters. The molecule has 0 spiro atoms. The number of benzene rings is 1. The standard InChI is InChI=1S/C19H31N3O3S/c1-15-13-22(14-16(2)25-15)11-10-21(4)26(23,24)18-8-7-17-6-5-9-20(3)19(17)12-18/h7-8,12,15-16H,5-6,9-11,13-14H2,1-4H3/t15-,16+. The molecular formula is C19H31N3O3S. The number of ether oxygens (including phenoxy) is 1. The summed E-state index contributed by atoms with van der Waals surface area (Å²) in [5.41, 5.74) is 2.28. The molecule has 1 saturated heterocycles. The third-order valence-electron chi connectivity index (χ3n) is 5.34. The second-order valence-electron chi connectivity index (χ2n) is 7.66. The van der Waals surface area contributed by atoms with Crippen molar-refractivity contribution in [2.24, 2.45) is 0 Å². The van der Waals surface area contributed by atoms with Gasteiger partial charge in [-0.05, 0) is 44.4 Å². The maximum absolute atomic E-state index is 13.0. The van der Waals surface area contributed by atoms with Crippen molar-refractivity contribution in [2.75, 3.05) is 51.7 Å². The summed E-state index contributed by atoms with van der Waals surface area (Å²) in [5, 5.41) is 0. The smallest absolute Gasteiger partial charge is 0.242 e. The van der Waals surface area contributed by atoms with Gasteiger partial charge in [0.05, 0.1) is 17.1 Å². The molecule has 26 heavy (non-hydrogen) atoms. The summed E-state index contributed by atoms with van der Waals surface area (Å²) in [7, 11) is 0.224. The number of nitrogens with zero attached hydrogens (tertiary/aromatic N) is 3. The van der Waals surface area contributed by atoms with E-state index in [2.05, 4.69) is 23.6 Å². The zero-order chi connectivity index (χ0) is 18.9. The fourth-order valence-electron chi connectivity index (χ4n) is 3.95. The predicted octanol–water partition coefficient (Wildman–Crippen LogP) is 1.80. The SMILES string of the molecule is C[C@@H]1CN(CCN(C)S(=O)(=O)c2ccc3c(c2)N(C)CCC3)C[C@H](C)O1. The molecule has 1 aromatic rings. The predicted molar refractivity (Wildman–Crippen MR) is 104 cm³/mol. The van der Waals surface area contributed by atoms with Crippen LogP contribution in [0.4, 0.5) is 5.69 Å². The van der Waals surface area contributed by atoms with E-state index in [4.69, 9.17) is 4.74 Å². The number of aryl methyl sites for hydroxylation is 1. The van der Waals surface area contributed by atoms with E-state index in [1.165, 1.54) is 9.87 Å². The summed E-state index contributed by atoms with van der Waals surface area (Å²) < 4.78 is 33.2. The van der Waals surface area contributed by atoms with Gasteiger partial charge in [0.1, 0.15) is 0 Å². The van der Waals surface area contributed by atoms with Crippen LogP contribution in [0.2, 0.25) is 0 Å². The highest BCUT2D eigenvalue weighted by atomic mass is 32.2. The van der Waals surface area contributed by atoms with Gasteiger partial charge in [-0.25, -0.2) is 8.42 Å². The molecule has 0 unspecified atom stereocenters. The van der Waals surface area contributed by atoms with Gasteiger partial charge in [-0.2, -0.15) is 4.31 Å². The molecule has 146 valence electrons. The minimum atomic E-state index is -3.48. The van der Waals surface area contributed by atoms with Crippen LogP contribution in [0.5, 0.6) is 0 Å². The van der Waals surface area contributed by atoms with Crippen LogP contribution in [-0.2, 0) is 21.2 Å². The van der Waals surface area contributed by atoms with Crippen LogP contribution >= 0.6 is 0 Å². The van der Waals surface area contributed by atoms with Gasteiger partial charge in [0.15, 0.2) is 0 Å². The average Bonchev–Trinajstić information content (AvgIpc) is 2.59. The Kier molecular flexibility index (Phi) is 5.91. The van der Waals surface area contributed by atoms with E-state index < -0.39 is 10.0 Å². The van der Waals surface area contributed by atoms with Gasteiger partial charge >= 0.3 is 0 Å². The average molecular weight is 382 g/mol. The van der Waals surface area contributed by atoms with Crippen molar-refractivity contribution < 1.29 is 13.2 Å². The third kappa shape index (κ3) is 4.22. The van der Waals surface area contributed by atoms with Gasteiger partial charge in [-0.3, -0.25) is 4.90 Å². The molecule has 3 rings (SSSR count). The van der Waals surface area contributed by atoms with Crippen molar-refractivity contribution >= 4 is 15.7 Å². The first-order valence-corrected chi connectivity index (χ1v) is 10.9. The van der Waals surface area contributed by atoms with Crippen molar-refractivity contribution in [1.82, 2.24) is 9.21 Å². The largest absolute Gasteiger partial charge is 0.374 e. The van der Waals surface area contributed by atoms with E-state index >= 15 is 0 Å². The molecule has 0 bridgehead atoms. The van der Waals surface area contributed by atoms with Crippen LogP contribution in [0.25, 0.3) is 0 Å². The molecule has 1 fully saturated rings. The molecule has 2 aliphatic rings. The molecule has 0 saturated carbocycles. The molecule has 0 aromatic heterocycles. The lowest BCUT2D eigenvalue weighted by molar-refractivity contribution is -0.0681. The molecule has 2 aliphatic heterocycles. The molecule has 0 amide bonds. The minimum absolute atomic E-state index is 0.192.